The second-order valence-corrected chi connectivity index (χ2v) is 12.9. The molecule has 0 spiro atoms. The van der Waals surface area contributed by atoms with Crippen LogP contribution in [-0.2, 0) is 9.47 Å². The molecule has 0 aliphatic rings. The third kappa shape index (κ3) is 16.4. The standard InChI is InChI=1S/C37H62N2O3.C3H8/c1-8-12-19-37(11-4,20-13-9-2)30-36(35-29-33(39(6)7)18-17-31(35)5)32-15-14-16-34(28-32)42-27-26-41-25-24-40-23-22-38-21-10-3;1-3-2/h14-18,28-29,36,38H,8-13,19-27,30H2,1-7H3;3H2,1-2H3/t36-;/m0./s1. The van der Waals surface area contributed by atoms with Gasteiger partial charge in [-0.15, -0.1) is 0 Å². The Morgan fingerprint density at radius 3 is 2.00 bits per heavy atom. The number of hydrogen-bond donors (Lipinski definition) is 1. The second kappa shape index (κ2) is 25.1. The molecule has 0 fully saturated rings. The monoisotopic (exact) mass is 627 g/mol. The fourth-order valence-corrected chi connectivity index (χ4v) is 5.86. The van der Waals surface area contributed by atoms with Gasteiger partial charge in [0, 0.05) is 32.2 Å². The van der Waals surface area contributed by atoms with Crippen LogP contribution in [0.15, 0.2) is 42.5 Å². The van der Waals surface area contributed by atoms with Crippen molar-refractivity contribution in [2.24, 2.45) is 5.41 Å². The summed E-state index contributed by atoms with van der Waals surface area (Å²) >= 11 is 0. The van der Waals surface area contributed by atoms with Gasteiger partial charge in [-0.2, -0.15) is 0 Å². The summed E-state index contributed by atoms with van der Waals surface area (Å²) in [6, 6.07) is 15.8. The molecule has 0 amide bonds. The number of anilines is 1. The van der Waals surface area contributed by atoms with E-state index in [1.807, 2.05) is 0 Å². The summed E-state index contributed by atoms with van der Waals surface area (Å²) in [7, 11) is 4.27. The van der Waals surface area contributed by atoms with Crippen LogP contribution in [-0.4, -0.2) is 60.2 Å². The number of benzene rings is 2. The number of ether oxygens (including phenoxy) is 3. The zero-order valence-corrected chi connectivity index (χ0v) is 30.8. The lowest BCUT2D eigenvalue weighted by Gasteiger charge is -2.38. The molecular formula is C40H70N2O3. The van der Waals surface area contributed by atoms with Crippen molar-refractivity contribution in [3.8, 4) is 5.75 Å². The topological polar surface area (TPSA) is 43.0 Å². The molecule has 5 nitrogen and oxygen atoms in total. The van der Waals surface area contributed by atoms with Gasteiger partial charge in [-0.25, -0.2) is 0 Å². The fourth-order valence-electron chi connectivity index (χ4n) is 5.86. The number of hydrogen-bond acceptors (Lipinski definition) is 5. The van der Waals surface area contributed by atoms with Gasteiger partial charge >= 0.3 is 0 Å². The number of nitrogens with one attached hydrogen (secondary N) is 1. The fraction of sp³-hybridized carbons (Fsp3) is 0.700. The molecule has 0 unspecified atom stereocenters. The van der Waals surface area contributed by atoms with E-state index in [9.17, 15) is 0 Å². The molecule has 2 rings (SSSR count). The van der Waals surface area contributed by atoms with E-state index < -0.39 is 0 Å². The summed E-state index contributed by atoms with van der Waals surface area (Å²) in [5.41, 5.74) is 5.76. The quantitative estimate of drug-likeness (QED) is 0.117. The predicted molar refractivity (Wildman–Crippen MR) is 196 cm³/mol. The molecule has 1 atom stereocenters. The molecule has 2 aromatic rings. The van der Waals surface area contributed by atoms with Crippen molar-refractivity contribution in [1.29, 1.82) is 0 Å². The smallest absolute Gasteiger partial charge is 0.119 e. The van der Waals surface area contributed by atoms with Gasteiger partial charge in [-0.1, -0.05) is 98.3 Å². The van der Waals surface area contributed by atoms with Crippen molar-refractivity contribution in [3.05, 3.63) is 59.2 Å². The van der Waals surface area contributed by atoms with Crippen molar-refractivity contribution in [1.82, 2.24) is 5.32 Å². The molecular weight excluding hydrogens is 556 g/mol. The van der Waals surface area contributed by atoms with Crippen molar-refractivity contribution < 1.29 is 14.2 Å². The van der Waals surface area contributed by atoms with Crippen molar-refractivity contribution in [2.45, 2.75) is 119 Å². The Bertz CT molecular complexity index is 985. The summed E-state index contributed by atoms with van der Waals surface area (Å²) in [5, 5.41) is 3.34. The highest BCUT2D eigenvalue weighted by Gasteiger charge is 2.32. The molecule has 0 saturated carbocycles. The first-order valence-electron chi connectivity index (χ1n) is 18.2. The van der Waals surface area contributed by atoms with Crippen LogP contribution < -0.4 is 15.0 Å². The van der Waals surface area contributed by atoms with Gasteiger partial charge in [0.1, 0.15) is 12.4 Å². The van der Waals surface area contributed by atoms with Crippen LogP contribution in [0.3, 0.4) is 0 Å². The van der Waals surface area contributed by atoms with Crippen molar-refractivity contribution in [3.63, 3.8) is 0 Å². The van der Waals surface area contributed by atoms with Gasteiger partial charge in [0.15, 0.2) is 0 Å². The zero-order valence-electron chi connectivity index (χ0n) is 30.8. The highest BCUT2D eigenvalue weighted by Crippen LogP contribution is 2.47. The second-order valence-electron chi connectivity index (χ2n) is 12.9. The lowest BCUT2D eigenvalue weighted by molar-refractivity contribution is 0.0373. The molecule has 1 N–H and O–H groups in total. The first-order valence-corrected chi connectivity index (χ1v) is 18.2. The maximum absolute atomic E-state index is 6.20. The highest BCUT2D eigenvalue weighted by molar-refractivity contribution is 5.53. The predicted octanol–water partition coefficient (Wildman–Crippen LogP) is 10.2. The summed E-state index contributed by atoms with van der Waals surface area (Å²) in [4.78, 5) is 2.22. The van der Waals surface area contributed by atoms with E-state index in [-0.39, 0.29) is 0 Å². The van der Waals surface area contributed by atoms with E-state index in [2.05, 4.69) is 115 Å². The molecule has 0 aromatic heterocycles. The Balaban J connectivity index is 0.00000324. The molecule has 0 heterocycles. The average Bonchev–Trinajstić information content (AvgIpc) is 3.04. The molecule has 45 heavy (non-hydrogen) atoms. The maximum Gasteiger partial charge on any atom is 0.119 e. The van der Waals surface area contributed by atoms with Gasteiger partial charge in [-0.05, 0) is 85.5 Å². The van der Waals surface area contributed by atoms with Crippen LogP contribution in [0.25, 0.3) is 0 Å². The van der Waals surface area contributed by atoms with Crippen LogP contribution in [0.1, 0.15) is 128 Å². The van der Waals surface area contributed by atoms with Crippen LogP contribution in [0.4, 0.5) is 5.69 Å². The molecule has 0 aliphatic carbocycles. The minimum absolute atomic E-state index is 0.322. The minimum Gasteiger partial charge on any atom is -0.491 e. The normalized spacial score (nSPS) is 12.0. The molecule has 5 heteroatoms. The Labute approximate surface area is 278 Å². The summed E-state index contributed by atoms with van der Waals surface area (Å²) in [6.45, 7) is 20.7. The summed E-state index contributed by atoms with van der Waals surface area (Å²) < 4.78 is 17.6. The molecule has 258 valence electrons. The van der Waals surface area contributed by atoms with Crippen LogP contribution in [0, 0.1) is 12.3 Å². The van der Waals surface area contributed by atoms with Crippen LogP contribution >= 0.6 is 0 Å². The lowest BCUT2D eigenvalue weighted by atomic mass is 9.67. The van der Waals surface area contributed by atoms with Gasteiger partial charge in [0.05, 0.1) is 26.4 Å². The van der Waals surface area contributed by atoms with Crippen LogP contribution in [0.5, 0.6) is 5.75 Å². The molecule has 0 bridgehead atoms. The Hall–Kier alpha value is -2.08. The average molecular weight is 627 g/mol. The summed E-state index contributed by atoms with van der Waals surface area (Å²) in [5.74, 6) is 1.24. The third-order valence-electron chi connectivity index (χ3n) is 8.64. The number of aryl methyl sites for hydroxylation is 1. The first-order chi connectivity index (χ1) is 21.8. The third-order valence-corrected chi connectivity index (χ3v) is 8.64. The molecule has 2 aromatic carbocycles. The van der Waals surface area contributed by atoms with E-state index in [0.717, 1.165) is 31.9 Å². The first kappa shape index (κ1) is 40.9. The largest absolute Gasteiger partial charge is 0.491 e. The Kier molecular flexibility index (Phi) is 22.8. The van der Waals surface area contributed by atoms with Gasteiger partial charge < -0.3 is 24.4 Å². The lowest BCUT2D eigenvalue weighted by Crippen LogP contribution is -2.24. The van der Waals surface area contributed by atoms with E-state index in [1.165, 1.54) is 80.2 Å². The van der Waals surface area contributed by atoms with Gasteiger partial charge in [0.2, 0.25) is 0 Å². The van der Waals surface area contributed by atoms with E-state index in [0.29, 0.717) is 37.8 Å². The SMILES string of the molecule is CCC.CCCCC(CC)(CCCC)C[C@@H](c1cccc(OCCOCCOCCNCCC)c1)c1cc(N(C)C)ccc1C. The van der Waals surface area contributed by atoms with E-state index >= 15 is 0 Å². The Morgan fingerprint density at radius 2 is 1.40 bits per heavy atom. The highest BCUT2D eigenvalue weighted by atomic mass is 16.5. The van der Waals surface area contributed by atoms with E-state index in [1.54, 1.807) is 0 Å². The zero-order chi connectivity index (χ0) is 33.3. The van der Waals surface area contributed by atoms with E-state index in [4.69, 9.17) is 14.2 Å². The van der Waals surface area contributed by atoms with Crippen molar-refractivity contribution >= 4 is 5.69 Å². The number of nitrogens with zero attached hydrogens (tertiary/aromatic N) is 1. The number of rotatable bonds is 24. The Morgan fingerprint density at radius 1 is 0.756 bits per heavy atom. The maximum atomic E-state index is 6.20. The van der Waals surface area contributed by atoms with Gasteiger partial charge in [0.25, 0.3) is 0 Å². The number of unbranched alkanes of at least 4 members (excludes halogenated alkanes) is 2. The van der Waals surface area contributed by atoms with Crippen molar-refractivity contribution in [2.75, 3.05) is 65.1 Å². The molecule has 0 saturated heterocycles. The minimum atomic E-state index is 0.322. The molecule has 0 radical (unpaired) electrons. The molecule has 0 aliphatic heterocycles. The van der Waals surface area contributed by atoms with Gasteiger partial charge in [-0.3, -0.25) is 0 Å². The van der Waals surface area contributed by atoms with Crippen LogP contribution in [0.2, 0.25) is 0 Å². The summed E-state index contributed by atoms with van der Waals surface area (Å²) in [6.07, 6.45) is 12.5.